The molecule has 1 heterocycles. The maximum absolute atomic E-state index is 12.3. The smallest absolute Gasteiger partial charge is 0.313 e. The molecule has 1 saturated heterocycles. The molecule has 0 radical (unpaired) electrons. The van der Waals surface area contributed by atoms with E-state index in [1.807, 2.05) is 5.01 Å². The average Bonchev–Trinajstić information content (AvgIpc) is 2.99. The van der Waals surface area contributed by atoms with E-state index >= 15 is 0 Å². The minimum absolute atomic E-state index is 0.256. The summed E-state index contributed by atoms with van der Waals surface area (Å²) >= 11 is 3.33. The molecule has 1 aromatic rings. The van der Waals surface area contributed by atoms with Crippen LogP contribution in [-0.2, 0) is 9.53 Å². The Bertz CT molecular complexity index is 583. The van der Waals surface area contributed by atoms with Crippen molar-refractivity contribution in [1.29, 1.82) is 0 Å². The Kier molecular flexibility index (Phi) is 6.06. The molecule has 7 heteroatoms. The van der Waals surface area contributed by atoms with Gasteiger partial charge in [-0.2, -0.15) is 0 Å². The van der Waals surface area contributed by atoms with Crippen LogP contribution in [0.25, 0.3) is 0 Å². The van der Waals surface area contributed by atoms with Gasteiger partial charge in [-0.1, -0.05) is 21.2 Å². The fourth-order valence-corrected chi connectivity index (χ4v) is 2.52. The van der Waals surface area contributed by atoms with Crippen LogP contribution in [0, 0.1) is 0 Å². The molecule has 0 unspecified atom stereocenters. The van der Waals surface area contributed by atoms with Gasteiger partial charge in [0.1, 0.15) is 6.42 Å². The van der Waals surface area contributed by atoms with Crippen LogP contribution in [0.3, 0.4) is 0 Å². The summed E-state index contributed by atoms with van der Waals surface area (Å²) in [5.74, 6) is -0.856. The summed E-state index contributed by atoms with van der Waals surface area (Å²) in [7, 11) is 0. The number of rotatable bonds is 6. The first-order chi connectivity index (χ1) is 10.6. The van der Waals surface area contributed by atoms with E-state index < -0.39 is 5.97 Å². The Hall–Kier alpha value is -1.76. The fraction of sp³-hybridized carbons (Fsp3) is 0.467. The predicted octanol–water partition coefficient (Wildman–Crippen LogP) is 3.68. The second-order valence-corrected chi connectivity index (χ2v) is 5.83. The first-order valence-corrected chi connectivity index (χ1v) is 8.04. The van der Waals surface area contributed by atoms with Crippen molar-refractivity contribution < 1.29 is 14.3 Å². The number of hydrogen-bond donors (Lipinski definition) is 0. The molecule has 0 saturated carbocycles. The van der Waals surface area contributed by atoms with Crippen molar-refractivity contribution in [3.8, 4) is 0 Å². The Balaban J connectivity index is 2.16. The molecular weight excluding hydrogens is 350 g/mol. The van der Waals surface area contributed by atoms with Gasteiger partial charge in [-0.15, -0.1) is 5.11 Å². The number of esters is 1. The van der Waals surface area contributed by atoms with E-state index in [4.69, 9.17) is 4.74 Å². The number of Topliss-reactive ketones (excluding diaryl/α,β-unsaturated/α-hetero) is 1. The van der Waals surface area contributed by atoms with Crippen molar-refractivity contribution in [3.63, 3.8) is 0 Å². The third kappa shape index (κ3) is 4.62. The fourth-order valence-electron chi connectivity index (χ4n) is 2.16. The lowest BCUT2D eigenvalue weighted by molar-refractivity contribution is -0.141. The zero-order valence-electron chi connectivity index (χ0n) is 12.4. The molecule has 1 fully saturated rings. The Morgan fingerprint density at radius 3 is 2.73 bits per heavy atom. The van der Waals surface area contributed by atoms with Crippen molar-refractivity contribution in [2.24, 2.45) is 10.3 Å². The summed E-state index contributed by atoms with van der Waals surface area (Å²) in [5, 5.41) is 10.2. The summed E-state index contributed by atoms with van der Waals surface area (Å²) in [5.41, 5.74) is 0.828. The van der Waals surface area contributed by atoms with E-state index in [-0.39, 0.29) is 18.8 Å². The maximum atomic E-state index is 12.3. The van der Waals surface area contributed by atoms with Gasteiger partial charge in [0, 0.05) is 23.1 Å². The molecule has 1 aliphatic heterocycles. The molecule has 22 heavy (non-hydrogen) atoms. The van der Waals surface area contributed by atoms with Crippen LogP contribution in [-0.4, -0.2) is 36.5 Å². The summed E-state index contributed by atoms with van der Waals surface area (Å²) in [6.07, 6.45) is 1.92. The molecule has 0 bridgehead atoms. The van der Waals surface area contributed by atoms with Crippen molar-refractivity contribution >= 4 is 33.4 Å². The highest BCUT2D eigenvalue weighted by Crippen LogP contribution is 2.26. The molecule has 6 nitrogen and oxygen atoms in total. The van der Waals surface area contributed by atoms with Crippen molar-refractivity contribution in [2.45, 2.75) is 26.2 Å². The number of benzene rings is 1. The van der Waals surface area contributed by atoms with Crippen LogP contribution in [0.15, 0.2) is 33.0 Å². The average molecular weight is 368 g/mol. The minimum atomic E-state index is -0.532. The van der Waals surface area contributed by atoms with Crippen LogP contribution in [0.5, 0.6) is 0 Å². The molecule has 118 valence electrons. The summed E-state index contributed by atoms with van der Waals surface area (Å²) in [6, 6.07) is 5.15. The number of hydrogen-bond acceptors (Lipinski definition) is 5. The third-order valence-corrected chi connectivity index (χ3v) is 3.72. The SMILES string of the molecule is CCOC(=O)CC(=O)c1cc(Br)ccc1N=NN1CCCC1. The molecule has 0 amide bonds. The molecule has 0 spiro atoms. The zero-order valence-corrected chi connectivity index (χ0v) is 14.0. The Morgan fingerprint density at radius 1 is 1.32 bits per heavy atom. The number of ether oxygens (including phenoxy) is 1. The largest absolute Gasteiger partial charge is 0.466 e. The van der Waals surface area contributed by atoms with E-state index in [2.05, 4.69) is 26.3 Å². The molecular formula is C15H18BrN3O3. The lowest BCUT2D eigenvalue weighted by Gasteiger charge is -2.09. The number of nitrogens with zero attached hydrogens (tertiary/aromatic N) is 3. The molecule has 1 aromatic carbocycles. The van der Waals surface area contributed by atoms with Crippen LogP contribution in [0.4, 0.5) is 5.69 Å². The van der Waals surface area contributed by atoms with Crippen LogP contribution < -0.4 is 0 Å². The summed E-state index contributed by atoms with van der Waals surface area (Å²) < 4.78 is 5.56. The molecule has 0 atom stereocenters. The molecule has 2 rings (SSSR count). The van der Waals surface area contributed by atoms with Gasteiger partial charge in [-0.3, -0.25) is 14.6 Å². The van der Waals surface area contributed by atoms with Gasteiger partial charge in [0.15, 0.2) is 5.78 Å². The predicted molar refractivity (Wildman–Crippen MR) is 85.0 cm³/mol. The summed E-state index contributed by atoms with van der Waals surface area (Å²) in [4.78, 5) is 23.7. The maximum Gasteiger partial charge on any atom is 0.313 e. The highest BCUT2D eigenvalue weighted by Gasteiger charge is 2.17. The number of carbonyl (C=O) groups excluding carboxylic acids is 2. The second kappa shape index (κ2) is 8.03. The standard InChI is InChI=1S/C15H18BrN3O3/c1-2-22-15(21)10-14(20)12-9-11(16)5-6-13(12)17-18-19-7-3-4-8-19/h5-6,9H,2-4,7-8,10H2,1H3. The molecule has 1 aliphatic rings. The van der Waals surface area contributed by atoms with E-state index in [1.54, 1.807) is 25.1 Å². The number of halogens is 1. The van der Waals surface area contributed by atoms with E-state index in [1.165, 1.54) is 0 Å². The molecule has 0 aromatic heterocycles. The Morgan fingerprint density at radius 2 is 2.05 bits per heavy atom. The van der Waals surface area contributed by atoms with Crippen LogP contribution >= 0.6 is 15.9 Å². The van der Waals surface area contributed by atoms with E-state index in [0.29, 0.717) is 11.3 Å². The first-order valence-electron chi connectivity index (χ1n) is 7.25. The topological polar surface area (TPSA) is 71.3 Å². The van der Waals surface area contributed by atoms with E-state index in [9.17, 15) is 9.59 Å². The quantitative estimate of drug-likeness (QED) is 0.332. The van der Waals surface area contributed by atoms with Crippen LogP contribution in [0.1, 0.15) is 36.5 Å². The van der Waals surface area contributed by atoms with Crippen molar-refractivity contribution in [3.05, 3.63) is 28.2 Å². The van der Waals surface area contributed by atoms with Crippen LogP contribution in [0.2, 0.25) is 0 Å². The zero-order chi connectivity index (χ0) is 15.9. The van der Waals surface area contributed by atoms with Gasteiger partial charge in [0.25, 0.3) is 0 Å². The van der Waals surface area contributed by atoms with Gasteiger partial charge in [0.05, 0.1) is 12.3 Å². The Labute approximate surface area is 137 Å². The number of carbonyl (C=O) groups is 2. The number of ketones is 1. The first kappa shape index (κ1) is 16.6. The highest BCUT2D eigenvalue weighted by molar-refractivity contribution is 9.10. The van der Waals surface area contributed by atoms with Gasteiger partial charge in [0.2, 0.25) is 0 Å². The molecule has 0 N–H and O–H groups in total. The van der Waals surface area contributed by atoms with Gasteiger partial charge in [-0.05, 0) is 38.0 Å². The van der Waals surface area contributed by atoms with Crippen molar-refractivity contribution in [2.75, 3.05) is 19.7 Å². The highest BCUT2D eigenvalue weighted by atomic mass is 79.9. The van der Waals surface area contributed by atoms with Gasteiger partial charge < -0.3 is 4.74 Å². The minimum Gasteiger partial charge on any atom is -0.466 e. The monoisotopic (exact) mass is 367 g/mol. The normalized spacial score (nSPS) is 14.5. The molecule has 0 aliphatic carbocycles. The van der Waals surface area contributed by atoms with Crippen molar-refractivity contribution in [1.82, 2.24) is 5.01 Å². The van der Waals surface area contributed by atoms with E-state index in [0.717, 1.165) is 30.4 Å². The third-order valence-electron chi connectivity index (χ3n) is 3.23. The lowest BCUT2D eigenvalue weighted by atomic mass is 10.1. The van der Waals surface area contributed by atoms with Gasteiger partial charge >= 0.3 is 5.97 Å². The second-order valence-electron chi connectivity index (χ2n) is 4.92. The van der Waals surface area contributed by atoms with Gasteiger partial charge in [-0.25, -0.2) is 0 Å². The summed E-state index contributed by atoms with van der Waals surface area (Å²) in [6.45, 7) is 3.72. The lowest BCUT2D eigenvalue weighted by Crippen LogP contribution is -2.12.